The molecule has 4 heteroatoms. The van der Waals surface area contributed by atoms with Crippen LogP contribution in [0.2, 0.25) is 0 Å². The smallest absolute Gasteiger partial charge is 0.335 e. The second kappa shape index (κ2) is 6.55. The molecule has 0 aliphatic carbocycles. The molecule has 1 aliphatic rings. The molecule has 0 amide bonds. The van der Waals surface area contributed by atoms with Crippen LogP contribution in [0, 0.1) is 0 Å². The minimum Gasteiger partial charge on any atom is -0.493 e. The third-order valence-electron chi connectivity index (χ3n) is 4.56. The molecule has 1 heterocycles. The maximum Gasteiger partial charge on any atom is 0.335 e. The molecule has 1 aliphatic heterocycles. The molecule has 0 aromatic heterocycles. The summed E-state index contributed by atoms with van der Waals surface area (Å²) in [4.78, 5) is 23.3. The van der Waals surface area contributed by atoms with Gasteiger partial charge in [-0.2, -0.15) is 0 Å². The van der Waals surface area contributed by atoms with Crippen LogP contribution < -0.4 is 4.74 Å². The molecule has 25 heavy (non-hydrogen) atoms. The van der Waals surface area contributed by atoms with Crippen molar-refractivity contribution in [2.45, 2.75) is 25.7 Å². The van der Waals surface area contributed by atoms with E-state index in [0.717, 1.165) is 23.3 Å². The maximum atomic E-state index is 12.5. The van der Waals surface area contributed by atoms with Gasteiger partial charge in [0.05, 0.1) is 12.2 Å². The maximum absolute atomic E-state index is 12.5. The first-order valence-corrected chi connectivity index (χ1v) is 8.20. The summed E-state index contributed by atoms with van der Waals surface area (Å²) in [6.45, 7) is 5.00. The largest absolute Gasteiger partial charge is 0.493 e. The summed E-state index contributed by atoms with van der Waals surface area (Å²) in [5, 5.41) is 8.90. The van der Waals surface area contributed by atoms with Crippen LogP contribution in [0.5, 0.6) is 5.75 Å². The van der Waals surface area contributed by atoms with Crippen LogP contribution >= 0.6 is 0 Å². The lowest BCUT2D eigenvalue weighted by Crippen LogP contribution is -2.26. The summed E-state index contributed by atoms with van der Waals surface area (Å²) in [6, 6.07) is 11.9. The first kappa shape index (κ1) is 17.0. The molecule has 4 nitrogen and oxygen atoms in total. The molecular formula is C21H20O4. The Bertz CT molecular complexity index is 845. The van der Waals surface area contributed by atoms with Crippen molar-refractivity contribution >= 4 is 17.8 Å². The number of carbonyl (C=O) groups excluding carboxylic acids is 1. The molecule has 0 spiro atoms. The molecule has 2 aromatic carbocycles. The Morgan fingerprint density at radius 2 is 1.76 bits per heavy atom. The van der Waals surface area contributed by atoms with Crippen LogP contribution in [0.4, 0.5) is 0 Å². The average molecular weight is 336 g/mol. The Morgan fingerprint density at radius 1 is 1.08 bits per heavy atom. The van der Waals surface area contributed by atoms with Crippen LogP contribution in [0.25, 0.3) is 6.08 Å². The number of hydrogen-bond acceptors (Lipinski definition) is 3. The van der Waals surface area contributed by atoms with E-state index in [4.69, 9.17) is 9.84 Å². The third kappa shape index (κ3) is 3.63. The molecule has 3 rings (SSSR count). The fraction of sp³-hybridized carbons (Fsp3) is 0.238. The van der Waals surface area contributed by atoms with E-state index >= 15 is 0 Å². The van der Waals surface area contributed by atoms with Gasteiger partial charge >= 0.3 is 5.97 Å². The van der Waals surface area contributed by atoms with Crippen molar-refractivity contribution in [2.24, 2.45) is 0 Å². The highest BCUT2D eigenvalue weighted by Gasteiger charge is 2.29. The molecule has 0 atom stereocenters. The van der Waals surface area contributed by atoms with Crippen molar-refractivity contribution in [1.82, 2.24) is 0 Å². The lowest BCUT2D eigenvalue weighted by molar-refractivity contribution is 0.0696. The molecule has 0 fully saturated rings. The highest BCUT2D eigenvalue weighted by Crippen LogP contribution is 2.38. The number of allylic oxidation sites excluding steroid dienone is 1. The SMILES string of the molecule is CC1(C)CCOc2ccc(C(=O)/C=C\c3ccc(C(=O)O)cc3)cc21. The number of benzene rings is 2. The number of carboxylic acid groups (broad SMARTS) is 1. The predicted octanol–water partition coefficient (Wildman–Crippen LogP) is 4.34. The number of aromatic carboxylic acids is 1. The minimum atomic E-state index is -0.967. The van der Waals surface area contributed by atoms with Gasteiger partial charge in [-0.1, -0.05) is 32.1 Å². The van der Waals surface area contributed by atoms with Gasteiger partial charge in [0.1, 0.15) is 5.75 Å². The zero-order valence-electron chi connectivity index (χ0n) is 14.3. The minimum absolute atomic E-state index is 0.0136. The number of carboxylic acids is 1. The normalized spacial score (nSPS) is 15.4. The molecule has 0 bridgehead atoms. The Hall–Kier alpha value is -2.88. The average Bonchev–Trinajstić information content (AvgIpc) is 2.59. The second-order valence-corrected chi connectivity index (χ2v) is 6.82. The van der Waals surface area contributed by atoms with Gasteiger partial charge in [0.15, 0.2) is 5.78 Å². The predicted molar refractivity (Wildman–Crippen MR) is 96.3 cm³/mol. The lowest BCUT2D eigenvalue weighted by Gasteiger charge is -2.32. The second-order valence-electron chi connectivity index (χ2n) is 6.82. The van der Waals surface area contributed by atoms with Crippen LogP contribution in [-0.4, -0.2) is 23.5 Å². The fourth-order valence-electron chi connectivity index (χ4n) is 2.89. The molecule has 128 valence electrons. The van der Waals surface area contributed by atoms with Gasteiger partial charge in [0.2, 0.25) is 0 Å². The monoisotopic (exact) mass is 336 g/mol. The van der Waals surface area contributed by atoms with Crippen molar-refractivity contribution in [3.05, 3.63) is 70.8 Å². The Kier molecular flexibility index (Phi) is 4.45. The standard InChI is InChI=1S/C21H20O4/c1-21(2)11-12-25-19-10-8-16(13-17(19)21)18(22)9-5-14-3-6-15(7-4-14)20(23)24/h3-10,13H,11-12H2,1-2H3,(H,23,24)/b9-5-. The van der Waals surface area contributed by atoms with E-state index < -0.39 is 5.97 Å². The summed E-state index contributed by atoms with van der Waals surface area (Å²) in [5.74, 6) is -0.210. The van der Waals surface area contributed by atoms with Gasteiger partial charge in [-0.3, -0.25) is 4.79 Å². The van der Waals surface area contributed by atoms with Crippen molar-refractivity contribution in [3.8, 4) is 5.75 Å². The van der Waals surface area contributed by atoms with E-state index in [1.165, 1.54) is 18.2 Å². The van der Waals surface area contributed by atoms with Gasteiger partial charge < -0.3 is 9.84 Å². The number of carbonyl (C=O) groups is 2. The van der Waals surface area contributed by atoms with E-state index in [2.05, 4.69) is 13.8 Å². The highest BCUT2D eigenvalue weighted by atomic mass is 16.5. The lowest BCUT2D eigenvalue weighted by atomic mass is 9.79. The zero-order chi connectivity index (χ0) is 18.0. The summed E-state index contributed by atoms with van der Waals surface area (Å²) in [6.07, 6.45) is 4.12. The van der Waals surface area contributed by atoms with E-state index in [1.54, 1.807) is 24.3 Å². The van der Waals surface area contributed by atoms with Gasteiger partial charge in [0, 0.05) is 11.1 Å². The van der Waals surface area contributed by atoms with Gasteiger partial charge in [-0.25, -0.2) is 4.79 Å². The topological polar surface area (TPSA) is 63.6 Å². The van der Waals surface area contributed by atoms with E-state index in [-0.39, 0.29) is 16.8 Å². The van der Waals surface area contributed by atoms with Gasteiger partial charge in [-0.05, 0) is 53.8 Å². The third-order valence-corrected chi connectivity index (χ3v) is 4.56. The number of ketones is 1. The van der Waals surface area contributed by atoms with Crippen LogP contribution in [0.15, 0.2) is 48.5 Å². The van der Waals surface area contributed by atoms with Crippen LogP contribution in [0.3, 0.4) is 0 Å². The van der Waals surface area contributed by atoms with E-state index in [9.17, 15) is 9.59 Å². The molecule has 0 saturated heterocycles. The quantitative estimate of drug-likeness (QED) is 0.666. The van der Waals surface area contributed by atoms with Crippen molar-refractivity contribution in [3.63, 3.8) is 0 Å². The summed E-state index contributed by atoms with van der Waals surface area (Å²) in [7, 11) is 0. The van der Waals surface area contributed by atoms with Gasteiger partial charge in [-0.15, -0.1) is 0 Å². The summed E-state index contributed by atoms with van der Waals surface area (Å²) >= 11 is 0. The molecule has 2 aromatic rings. The molecule has 1 N–H and O–H groups in total. The van der Waals surface area contributed by atoms with E-state index in [1.807, 2.05) is 12.1 Å². The van der Waals surface area contributed by atoms with Crippen LogP contribution in [0.1, 0.15) is 52.1 Å². The summed E-state index contributed by atoms with van der Waals surface area (Å²) in [5.41, 5.74) is 2.67. The van der Waals surface area contributed by atoms with Crippen molar-refractivity contribution < 1.29 is 19.4 Å². The van der Waals surface area contributed by atoms with Gasteiger partial charge in [0.25, 0.3) is 0 Å². The van der Waals surface area contributed by atoms with E-state index in [0.29, 0.717) is 12.2 Å². The number of hydrogen-bond donors (Lipinski definition) is 1. The number of rotatable bonds is 4. The Morgan fingerprint density at radius 3 is 2.44 bits per heavy atom. The molecular weight excluding hydrogens is 316 g/mol. The van der Waals surface area contributed by atoms with Crippen molar-refractivity contribution in [2.75, 3.05) is 6.61 Å². The summed E-state index contributed by atoms with van der Waals surface area (Å²) < 4.78 is 5.68. The fourth-order valence-corrected chi connectivity index (χ4v) is 2.89. The zero-order valence-corrected chi connectivity index (χ0v) is 14.3. The van der Waals surface area contributed by atoms with Crippen LogP contribution in [-0.2, 0) is 5.41 Å². The first-order valence-electron chi connectivity index (χ1n) is 8.20. The van der Waals surface area contributed by atoms with Crippen molar-refractivity contribution in [1.29, 1.82) is 0 Å². The number of fused-ring (bicyclic) bond motifs is 1. The highest BCUT2D eigenvalue weighted by molar-refractivity contribution is 6.07. The number of ether oxygens (including phenoxy) is 1. The Balaban J connectivity index is 1.80. The first-order chi connectivity index (χ1) is 11.9. The Labute approximate surface area is 146 Å². The molecule has 0 saturated carbocycles. The molecule has 0 radical (unpaired) electrons. The molecule has 0 unspecified atom stereocenters.